The largest absolute Gasteiger partial charge is 0.492 e. The fourth-order valence-corrected chi connectivity index (χ4v) is 3.09. The first-order valence-electron chi connectivity index (χ1n) is 8.09. The van der Waals surface area contributed by atoms with Gasteiger partial charge in [0.25, 0.3) is 0 Å². The van der Waals surface area contributed by atoms with Crippen molar-refractivity contribution in [3.63, 3.8) is 0 Å². The number of benzene rings is 1. The van der Waals surface area contributed by atoms with Gasteiger partial charge in [-0.25, -0.2) is 0 Å². The summed E-state index contributed by atoms with van der Waals surface area (Å²) in [5.41, 5.74) is 0. The fourth-order valence-electron chi connectivity index (χ4n) is 2.90. The summed E-state index contributed by atoms with van der Waals surface area (Å²) in [6, 6.07) is 7.63. The van der Waals surface area contributed by atoms with Crippen molar-refractivity contribution in [3.8, 4) is 5.75 Å². The second kappa shape index (κ2) is 9.29. The molecule has 0 radical (unpaired) electrons. The van der Waals surface area contributed by atoms with Crippen LogP contribution in [-0.2, 0) is 0 Å². The Morgan fingerprint density at radius 1 is 1.38 bits per heavy atom. The van der Waals surface area contributed by atoms with Gasteiger partial charge in [0.15, 0.2) is 0 Å². The molecule has 118 valence electrons. The molecule has 0 spiro atoms. The maximum Gasteiger partial charge on any atom is 0.120 e. The lowest BCUT2D eigenvalue weighted by Crippen LogP contribution is -2.40. The zero-order valence-electron chi connectivity index (χ0n) is 13.0. The van der Waals surface area contributed by atoms with Crippen LogP contribution in [0.5, 0.6) is 5.75 Å². The first-order valence-corrected chi connectivity index (χ1v) is 8.47. The number of ether oxygens (including phenoxy) is 1. The summed E-state index contributed by atoms with van der Waals surface area (Å²) in [7, 11) is 0. The highest BCUT2D eigenvalue weighted by atomic mass is 35.5. The van der Waals surface area contributed by atoms with Gasteiger partial charge in [0, 0.05) is 18.1 Å². The maximum absolute atomic E-state index is 5.97. The number of hydrogen-bond acceptors (Lipinski definition) is 3. The molecule has 1 aromatic carbocycles. The quantitative estimate of drug-likeness (QED) is 0.796. The zero-order chi connectivity index (χ0) is 14.9. The molecule has 1 heterocycles. The van der Waals surface area contributed by atoms with E-state index in [4.69, 9.17) is 16.3 Å². The normalized spacial score (nSPS) is 18.9. The van der Waals surface area contributed by atoms with Gasteiger partial charge in [-0.05, 0) is 63.0 Å². The second-order valence-electron chi connectivity index (χ2n) is 5.82. The number of piperidine rings is 1. The van der Waals surface area contributed by atoms with Gasteiger partial charge in [0.05, 0.1) is 0 Å². The summed E-state index contributed by atoms with van der Waals surface area (Å²) in [4.78, 5) is 2.53. The lowest BCUT2D eigenvalue weighted by Gasteiger charge is -2.29. The Bertz CT molecular complexity index is 408. The van der Waals surface area contributed by atoms with Crippen LogP contribution in [0.4, 0.5) is 0 Å². The molecule has 1 N–H and O–H groups in total. The monoisotopic (exact) mass is 310 g/mol. The molecular formula is C17H27ClN2O. The minimum absolute atomic E-state index is 0.723. The van der Waals surface area contributed by atoms with Crippen molar-refractivity contribution >= 4 is 11.6 Å². The van der Waals surface area contributed by atoms with E-state index in [1.54, 1.807) is 0 Å². The molecule has 1 saturated heterocycles. The number of nitrogens with zero attached hydrogens (tertiary/aromatic N) is 1. The van der Waals surface area contributed by atoms with E-state index in [1.807, 2.05) is 24.3 Å². The van der Waals surface area contributed by atoms with E-state index < -0.39 is 0 Å². The van der Waals surface area contributed by atoms with Gasteiger partial charge in [-0.2, -0.15) is 0 Å². The van der Waals surface area contributed by atoms with Crippen LogP contribution >= 0.6 is 11.6 Å². The molecule has 1 unspecified atom stereocenters. The first-order chi connectivity index (χ1) is 10.3. The Balaban J connectivity index is 1.73. The summed E-state index contributed by atoms with van der Waals surface area (Å²) in [6.45, 7) is 8.62. The number of halogens is 1. The van der Waals surface area contributed by atoms with Crippen LogP contribution in [0.1, 0.15) is 26.2 Å². The van der Waals surface area contributed by atoms with Crippen LogP contribution in [0.15, 0.2) is 24.3 Å². The maximum atomic E-state index is 5.97. The van der Waals surface area contributed by atoms with Crippen molar-refractivity contribution in [2.24, 2.45) is 5.92 Å². The highest BCUT2D eigenvalue weighted by molar-refractivity contribution is 6.30. The fraction of sp³-hybridized carbons (Fsp3) is 0.647. The minimum atomic E-state index is 0.723. The van der Waals surface area contributed by atoms with Crippen LogP contribution in [0, 0.1) is 5.92 Å². The van der Waals surface area contributed by atoms with Crippen LogP contribution in [0.25, 0.3) is 0 Å². The topological polar surface area (TPSA) is 24.5 Å². The first kappa shape index (κ1) is 16.6. The minimum Gasteiger partial charge on any atom is -0.492 e. The summed E-state index contributed by atoms with van der Waals surface area (Å²) in [5.74, 6) is 1.65. The van der Waals surface area contributed by atoms with Gasteiger partial charge >= 0.3 is 0 Å². The van der Waals surface area contributed by atoms with Gasteiger partial charge in [0.2, 0.25) is 0 Å². The molecule has 1 aliphatic heterocycles. The molecule has 2 rings (SSSR count). The highest BCUT2D eigenvalue weighted by Gasteiger charge is 2.16. The van der Waals surface area contributed by atoms with Crippen LogP contribution in [-0.4, -0.2) is 44.2 Å². The molecule has 1 aromatic rings. The number of hydrogen-bond donors (Lipinski definition) is 1. The average Bonchev–Trinajstić information content (AvgIpc) is 2.48. The summed E-state index contributed by atoms with van der Waals surface area (Å²) in [6.07, 6.45) is 3.85. The van der Waals surface area contributed by atoms with Crippen molar-refractivity contribution < 1.29 is 4.74 Å². The standard InChI is InChI=1S/C17H27ClN2O/c1-2-9-20(14-15-5-4-8-19-13-15)10-11-21-17-7-3-6-16(18)12-17/h3,6-7,12,15,19H,2,4-5,8-11,13-14H2,1H3. The van der Waals surface area contributed by atoms with Crippen LogP contribution in [0.2, 0.25) is 5.02 Å². The van der Waals surface area contributed by atoms with Crippen molar-refractivity contribution in [3.05, 3.63) is 29.3 Å². The molecule has 21 heavy (non-hydrogen) atoms. The van der Waals surface area contributed by atoms with Gasteiger partial charge in [-0.3, -0.25) is 4.90 Å². The third-order valence-electron chi connectivity index (χ3n) is 3.93. The lowest BCUT2D eigenvalue weighted by molar-refractivity contribution is 0.173. The predicted octanol–water partition coefficient (Wildman–Crippen LogP) is 3.43. The van der Waals surface area contributed by atoms with E-state index in [0.717, 1.165) is 42.9 Å². The SMILES string of the molecule is CCCN(CCOc1cccc(Cl)c1)CC1CCCNC1. The Labute approximate surface area is 133 Å². The molecule has 0 saturated carbocycles. The van der Waals surface area contributed by atoms with Crippen molar-refractivity contribution in [1.29, 1.82) is 0 Å². The highest BCUT2D eigenvalue weighted by Crippen LogP contribution is 2.17. The predicted molar refractivity (Wildman–Crippen MR) is 89.3 cm³/mol. The third kappa shape index (κ3) is 6.25. The smallest absolute Gasteiger partial charge is 0.120 e. The van der Waals surface area contributed by atoms with Crippen molar-refractivity contribution in [2.45, 2.75) is 26.2 Å². The van der Waals surface area contributed by atoms with Gasteiger partial charge in [-0.15, -0.1) is 0 Å². The number of rotatable bonds is 8. The molecule has 0 bridgehead atoms. The average molecular weight is 311 g/mol. The van der Waals surface area contributed by atoms with Gasteiger partial charge < -0.3 is 10.1 Å². The molecule has 1 aliphatic rings. The molecule has 0 aromatic heterocycles. The Morgan fingerprint density at radius 2 is 2.29 bits per heavy atom. The molecule has 1 fully saturated rings. The zero-order valence-corrected chi connectivity index (χ0v) is 13.7. The molecular weight excluding hydrogens is 284 g/mol. The second-order valence-corrected chi connectivity index (χ2v) is 6.26. The molecule has 3 nitrogen and oxygen atoms in total. The molecule has 4 heteroatoms. The van der Waals surface area contributed by atoms with E-state index in [2.05, 4.69) is 17.1 Å². The Kier molecular flexibility index (Phi) is 7.34. The Morgan fingerprint density at radius 3 is 3.00 bits per heavy atom. The van der Waals surface area contributed by atoms with Crippen LogP contribution in [0.3, 0.4) is 0 Å². The van der Waals surface area contributed by atoms with E-state index >= 15 is 0 Å². The van der Waals surface area contributed by atoms with E-state index in [0.29, 0.717) is 0 Å². The van der Waals surface area contributed by atoms with Crippen molar-refractivity contribution in [1.82, 2.24) is 10.2 Å². The number of nitrogens with one attached hydrogen (secondary N) is 1. The van der Waals surface area contributed by atoms with Gasteiger partial charge in [-0.1, -0.05) is 24.6 Å². The van der Waals surface area contributed by atoms with E-state index in [9.17, 15) is 0 Å². The molecule has 1 atom stereocenters. The summed E-state index contributed by atoms with van der Waals surface area (Å²) >= 11 is 5.97. The molecule has 0 amide bonds. The summed E-state index contributed by atoms with van der Waals surface area (Å²) in [5, 5.41) is 4.23. The summed E-state index contributed by atoms with van der Waals surface area (Å²) < 4.78 is 5.81. The van der Waals surface area contributed by atoms with Crippen molar-refractivity contribution in [2.75, 3.05) is 39.3 Å². The molecule has 0 aliphatic carbocycles. The lowest BCUT2D eigenvalue weighted by atomic mass is 9.99. The third-order valence-corrected chi connectivity index (χ3v) is 4.16. The van der Waals surface area contributed by atoms with Gasteiger partial charge in [0.1, 0.15) is 12.4 Å². The van der Waals surface area contributed by atoms with Crippen LogP contribution < -0.4 is 10.1 Å². The van der Waals surface area contributed by atoms with E-state index in [-0.39, 0.29) is 0 Å². The Hall–Kier alpha value is -0.770. The van der Waals surface area contributed by atoms with E-state index in [1.165, 1.54) is 32.4 Å².